The van der Waals surface area contributed by atoms with E-state index in [1.807, 2.05) is 36.4 Å². The summed E-state index contributed by atoms with van der Waals surface area (Å²) in [6.07, 6.45) is 4.35. The van der Waals surface area contributed by atoms with E-state index in [1.54, 1.807) is 30.5 Å². The number of aromatic nitrogens is 5. The van der Waals surface area contributed by atoms with Gasteiger partial charge in [-0.25, -0.2) is 15.0 Å². The Bertz CT molecular complexity index is 1110. The summed E-state index contributed by atoms with van der Waals surface area (Å²) < 4.78 is 6.69. The molecule has 7 heteroatoms. The van der Waals surface area contributed by atoms with Crippen LogP contribution in [0.15, 0.2) is 73.2 Å². The lowest BCUT2D eigenvalue weighted by Gasteiger charge is -2.08. The molecule has 0 aliphatic heterocycles. The predicted octanol–water partition coefficient (Wildman–Crippen LogP) is 3.22. The second kappa shape index (κ2) is 8.43. The van der Waals surface area contributed by atoms with Crippen LogP contribution in [0.3, 0.4) is 0 Å². The highest BCUT2D eigenvalue weighted by atomic mass is 16.5. The molecule has 0 atom stereocenters. The van der Waals surface area contributed by atoms with Crippen molar-refractivity contribution in [3.8, 4) is 17.3 Å². The van der Waals surface area contributed by atoms with Crippen molar-refractivity contribution in [1.82, 2.24) is 24.7 Å². The minimum Gasteiger partial charge on any atom is -0.496 e. The summed E-state index contributed by atoms with van der Waals surface area (Å²) in [5, 5.41) is 4.45. The summed E-state index contributed by atoms with van der Waals surface area (Å²) in [6.45, 7) is 0. The molecule has 0 saturated carbocycles. The van der Waals surface area contributed by atoms with Gasteiger partial charge >= 0.3 is 0 Å². The molecule has 7 nitrogen and oxygen atoms in total. The lowest BCUT2D eigenvalue weighted by molar-refractivity contribution is 0.0938. The molecule has 0 fully saturated rings. The zero-order valence-corrected chi connectivity index (χ0v) is 15.9. The molecule has 0 aliphatic rings. The number of carbonyl (C=O) groups excluding carboxylic acids is 1. The number of methoxy groups -OCH3 is 1. The van der Waals surface area contributed by atoms with E-state index >= 15 is 0 Å². The predicted molar refractivity (Wildman–Crippen MR) is 108 cm³/mol. The van der Waals surface area contributed by atoms with Crippen LogP contribution in [-0.2, 0) is 12.8 Å². The summed E-state index contributed by atoms with van der Waals surface area (Å²) in [7, 11) is 1.54. The van der Waals surface area contributed by atoms with Crippen LogP contribution in [0, 0.1) is 0 Å². The number of nitrogens with zero attached hydrogens (tertiary/aromatic N) is 5. The normalized spacial score (nSPS) is 10.7. The molecule has 4 aromatic rings. The fourth-order valence-electron chi connectivity index (χ4n) is 3.04. The van der Waals surface area contributed by atoms with Gasteiger partial charge in [-0.05, 0) is 30.2 Å². The van der Waals surface area contributed by atoms with Crippen LogP contribution < -0.4 is 4.74 Å². The standard InChI is InChI=1S/C22H19N5O2/c1-29-19-10-6-5-9-17(19)22(28)27-20(12-11-16-7-3-2-4-8-16)25-21(26-27)18-13-14-23-15-24-18/h2-10,13-15H,11-12H2,1H3. The molecule has 2 heterocycles. The van der Waals surface area contributed by atoms with E-state index in [2.05, 4.69) is 20.1 Å². The molecule has 4 rings (SSSR count). The third-order valence-electron chi connectivity index (χ3n) is 4.50. The quantitative estimate of drug-likeness (QED) is 0.507. The maximum atomic E-state index is 13.3. The first kappa shape index (κ1) is 18.5. The van der Waals surface area contributed by atoms with Crippen LogP contribution in [0.2, 0.25) is 0 Å². The van der Waals surface area contributed by atoms with Crippen LogP contribution in [-0.4, -0.2) is 37.7 Å². The van der Waals surface area contributed by atoms with Crippen molar-refractivity contribution in [2.24, 2.45) is 0 Å². The Hall–Kier alpha value is -3.87. The van der Waals surface area contributed by atoms with E-state index in [0.29, 0.717) is 35.1 Å². The largest absolute Gasteiger partial charge is 0.496 e. The van der Waals surface area contributed by atoms with Crippen molar-refractivity contribution < 1.29 is 9.53 Å². The van der Waals surface area contributed by atoms with Gasteiger partial charge in [0.25, 0.3) is 5.91 Å². The highest BCUT2D eigenvalue weighted by Gasteiger charge is 2.21. The minimum atomic E-state index is -0.293. The fraction of sp³-hybridized carbons (Fsp3) is 0.136. The monoisotopic (exact) mass is 385 g/mol. The van der Waals surface area contributed by atoms with Gasteiger partial charge in [-0.15, -0.1) is 5.10 Å². The summed E-state index contributed by atoms with van der Waals surface area (Å²) in [5.41, 5.74) is 2.15. The topological polar surface area (TPSA) is 82.8 Å². The number of rotatable bonds is 6. The van der Waals surface area contributed by atoms with E-state index < -0.39 is 0 Å². The molecule has 0 N–H and O–H groups in total. The van der Waals surface area contributed by atoms with Crippen molar-refractivity contribution in [3.05, 3.63) is 90.1 Å². The second-order valence-corrected chi connectivity index (χ2v) is 6.35. The molecule has 0 spiro atoms. The Labute approximate surface area is 168 Å². The molecular weight excluding hydrogens is 366 g/mol. The lowest BCUT2D eigenvalue weighted by Crippen LogP contribution is -2.18. The molecule has 2 aromatic heterocycles. The molecule has 2 aromatic carbocycles. The summed E-state index contributed by atoms with van der Waals surface area (Å²) >= 11 is 0. The first-order chi connectivity index (χ1) is 14.3. The number of ether oxygens (including phenoxy) is 1. The van der Waals surface area contributed by atoms with Crippen molar-refractivity contribution in [3.63, 3.8) is 0 Å². The number of aryl methyl sites for hydroxylation is 2. The van der Waals surface area contributed by atoms with E-state index in [1.165, 1.54) is 18.1 Å². The van der Waals surface area contributed by atoms with Crippen molar-refractivity contribution in [2.45, 2.75) is 12.8 Å². The van der Waals surface area contributed by atoms with Crippen LogP contribution in [0.1, 0.15) is 21.7 Å². The van der Waals surface area contributed by atoms with Gasteiger partial charge in [-0.2, -0.15) is 4.68 Å². The first-order valence-corrected chi connectivity index (χ1v) is 9.20. The third-order valence-corrected chi connectivity index (χ3v) is 4.50. The number of carbonyl (C=O) groups is 1. The van der Waals surface area contributed by atoms with Crippen LogP contribution >= 0.6 is 0 Å². The molecule has 0 radical (unpaired) electrons. The molecular formula is C22H19N5O2. The van der Waals surface area contributed by atoms with Gasteiger partial charge in [0.2, 0.25) is 5.82 Å². The Morgan fingerprint density at radius 3 is 2.55 bits per heavy atom. The molecule has 0 bridgehead atoms. The number of hydrogen-bond acceptors (Lipinski definition) is 6. The molecule has 0 amide bonds. The van der Waals surface area contributed by atoms with Crippen molar-refractivity contribution in [2.75, 3.05) is 7.11 Å². The average Bonchev–Trinajstić information content (AvgIpc) is 3.23. The highest BCUT2D eigenvalue weighted by molar-refractivity contribution is 5.98. The van der Waals surface area contributed by atoms with Crippen molar-refractivity contribution >= 4 is 5.91 Å². The SMILES string of the molecule is COc1ccccc1C(=O)n1nc(-c2ccncn2)nc1CCc1ccccc1. The van der Waals surface area contributed by atoms with E-state index in [-0.39, 0.29) is 5.91 Å². The zero-order chi connectivity index (χ0) is 20.1. The summed E-state index contributed by atoms with van der Waals surface area (Å²) in [5.74, 6) is 1.15. The van der Waals surface area contributed by atoms with Gasteiger partial charge in [0, 0.05) is 12.6 Å². The number of para-hydroxylation sites is 1. The number of benzene rings is 2. The minimum absolute atomic E-state index is 0.293. The summed E-state index contributed by atoms with van der Waals surface area (Å²) in [4.78, 5) is 26.0. The van der Waals surface area contributed by atoms with Gasteiger partial charge in [0.05, 0.1) is 12.7 Å². The third kappa shape index (κ3) is 4.03. The van der Waals surface area contributed by atoms with E-state index in [4.69, 9.17) is 4.74 Å². The molecule has 0 aliphatic carbocycles. The van der Waals surface area contributed by atoms with Crippen LogP contribution in [0.4, 0.5) is 0 Å². The van der Waals surface area contributed by atoms with Crippen LogP contribution in [0.5, 0.6) is 5.75 Å². The van der Waals surface area contributed by atoms with Crippen molar-refractivity contribution in [1.29, 1.82) is 0 Å². The van der Waals surface area contributed by atoms with Gasteiger partial charge in [0.1, 0.15) is 23.6 Å². The Morgan fingerprint density at radius 1 is 1.00 bits per heavy atom. The van der Waals surface area contributed by atoms with Gasteiger partial charge < -0.3 is 4.74 Å². The Morgan fingerprint density at radius 2 is 1.79 bits per heavy atom. The lowest BCUT2D eigenvalue weighted by atomic mass is 10.1. The molecule has 29 heavy (non-hydrogen) atoms. The van der Waals surface area contributed by atoms with E-state index in [9.17, 15) is 4.79 Å². The van der Waals surface area contributed by atoms with E-state index in [0.717, 1.165) is 12.0 Å². The Balaban J connectivity index is 1.72. The maximum absolute atomic E-state index is 13.3. The highest BCUT2D eigenvalue weighted by Crippen LogP contribution is 2.21. The second-order valence-electron chi connectivity index (χ2n) is 6.35. The molecule has 0 unspecified atom stereocenters. The fourth-order valence-corrected chi connectivity index (χ4v) is 3.04. The number of hydrogen-bond donors (Lipinski definition) is 0. The smallest absolute Gasteiger partial charge is 0.283 e. The molecule has 144 valence electrons. The van der Waals surface area contributed by atoms with Gasteiger partial charge in [-0.1, -0.05) is 42.5 Å². The van der Waals surface area contributed by atoms with Gasteiger partial charge in [-0.3, -0.25) is 4.79 Å². The van der Waals surface area contributed by atoms with Crippen LogP contribution in [0.25, 0.3) is 11.5 Å². The Kier molecular flexibility index (Phi) is 5.38. The first-order valence-electron chi connectivity index (χ1n) is 9.20. The average molecular weight is 385 g/mol. The maximum Gasteiger partial charge on any atom is 0.283 e. The molecule has 0 saturated heterocycles. The summed E-state index contributed by atoms with van der Waals surface area (Å²) in [6, 6.07) is 18.9. The van der Waals surface area contributed by atoms with Gasteiger partial charge in [0.15, 0.2) is 0 Å². The zero-order valence-electron chi connectivity index (χ0n) is 15.9.